The van der Waals surface area contributed by atoms with Crippen LogP contribution in [-0.4, -0.2) is 24.6 Å². The minimum absolute atomic E-state index is 0.0113. The average molecular weight is 396 g/mol. The van der Waals surface area contributed by atoms with E-state index in [9.17, 15) is 18.4 Å². The average Bonchev–Trinajstić information content (AvgIpc) is 2.62. The smallest absolute Gasteiger partial charge is 0.387 e. The molecule has 2 aromatic carbocycles. The number of carbonyl (C=O) groups is 2. The molecule has 0 aliphatic rings. The van der Waals surface area contributed by atoms with Crippen LogP contribution in [0, 0.1) is 0 Å². The predicted octanol–water partition coefficient (Wildman–Crippen LogP) is 4.53. The first-order chi connectivity index (χ1) is 12.8. The zero-order chi connectivity index (χ0) is 19.8. The van der Waals surface area contributed by atoms with Crippen LogP contribution in [0.3, 0.4) is 0 Å². The van der Waals surface area contributed by atoms with Crippen LogP contribution in [0.15, 0.2) is 54.6 Å². The molecule has 2 aromatic rings. The van der Waals surface area contributed by atoms with Crippen LogP contribution in [0.4, 0.5) is 14.5 Å². The third kappa shape index (κ3) is 7.07. The highest BCUT2D eigenvalue weighted by Gasteiger charge is 2.16. The first-order valence-electron chi connectivity index (χ1n) is 7.83. The van der Waals surface area contributed by atoms with Crippen molar-refractivity contribution in [3.05, 3.63) is 65.2 Å². The lowest BCUT2D eigenvalue weighted by Gasteiger charge is -2.12. The maximum atomic E-state index is 12.1. The Bertz CT molecular complexity index is 807. The van der Waals surface area contributed by atoms with Crippen molar-refractivity contribution in [1.82, 2.24) is 0 Å². The summed E-state index contributed by atoms with van der Waals surface area (Å²) < 4.78 is 33.4. The summed E-state index contributed by atoms with van der Waals surface area (Å²) in [5.74, 6) is -1.20. The topological polar surface area (TPSA) is 64.6 Å². The number of nitrogens with one attached hydrogen (secondary N) is 1. The fourth-order valence-corrected chi connectivity index (χ4v) is 2.09. The number of carbonyl (C=O) groups excluding carboxylic acids is 2. The van der Waals surface area contributed by atoms with Gasteiger partial charge in [0.25, 0.3) is 5.91 Å². The lowest BCUT2D eigenvalue weighted by Crippen LogP contribution is -2.29. The molecule has 27 heavy (non-hydrogen) atoms. The van der Waals surface area contributed by atoms with Gasteiger partial charge in [0.1, 0.15) is 5.75 Å². The fraction of sp³-hybridized carbons (Fsp3) is 0.158. The number of hydrogen-bond acceptors (Lipinski definition) is 4. The number of rotatable bonds is 7. The van der Waals surface area contributed by atoms with Gasteiger partial charge in [0.15, 0.2) is 6.10 Å². The summed E-state index contributed by atoms with van der Waals surface area (Å²) in [6.45, 7) is -1.46. The van der Waals surface area contributed by atoms with Crippen molar-refractivity contribution < 1.29 is 27.8 Å². The Labute approximate surface area is 159 Å². The third-order valence-electron chi connectivity index (χ3n) is 3.29. The van der Waals surface area contributed by atoms with Gasteiger partial charge in [0.05, 0.1) is 0 Å². The van der Waals surface area contributed by atoms with Crippen molar-refractivity contribution in [1.29, 1.82) is 0 Å². The van der Waals surface area contributed by atoms with Crippen molar-refractivity contribution in [3.8, 4) is 5.75 Å². The molecule has 142 valence electrons. The zero-order valence-electron chi connectivity index (χ0n) is 14.2. The first-order valence-corrected chi connectivity index (χ1v) is 8.21. The van der Waals surface area contributed by atoms with Crippen LogP contribution in [-0.2, 0) is 14.3 Å². The molecule has 0 fully saturated rings. The highest BCUT2D eigenvalue weighted by molar-refractivity contribution is 6.30. The molecule has 1 N–H and O–H groups in total. The van der Waals surface area contributed by atoms with E-state index in [1.54, 1.807) is 24.3 Å². The van der Waals surface area contributed by atoms with E-state index in [0.29, 0.717) is 16.3 Å². The van der Waals surface area contributed by atoms with Gasteiger partial charge in [-0.3, -0.25) is 4.79 Å². The Balaban J connectivity index is 1.85. The van der Waals surface area contributed by atoms with E-state index in [1.165, 1.54) is 37.3 Å². The minimum atomic E-state index is -2.90. The van der Waals surface area contributed by atoms with Crippen LogP contribution in [0.2, 0.25) is 5.02 Å². The van der Waals surface area contributed by atoms with Crippen LogP contribution in [0.25, 0.3) is 6.08 Å². The molecule has 0 saturated carbocycles. The maximum Gasteiger partial charge on any atom is 0.387 e. The van der Waals surface area contributed by atoms with Gasteiger partial charge in [-0.15, -0.1) is 0 Å². The van der Waals surface area contributed by atoms with Gasteiger partial charge in [0, 0.05) is 16.8 Å². The Hall–Kier alpha value is -2.93. The van der Waals surface area contributed by atoms with E-state index in [4.69, 9.17) is 16.3 Å². The van der Waals surface area contributed by atoms with E-state index in [1.807, 2.05) is 0 Å². The van der Waals surface area contributed by atoms with Crippen LogP contribution >= 0.6 is 11.6 Å². The van der Waals surface area contributed by atoms with Crippen LogP contribution < -0.4 is 10.1 Å². The number of alkyl halides is 2. The van der Waals surface area contributed by atoms with Gasteiger partial charge in [-0.25, -0.2) is 4.79 Å². The molecule has 0 spiro atoms. The lowest BCUT2D eigenvalue weighted by molar-refractivity contribution is -0.148. The number of halogens is 3. The van der Waals surface area contributed by atoms with E-state index in [-0.39, 0.29) is 5.75 Å². The molecule has 1 atom stereocenters. The van der Waals surface area contributed by atoms with Gasteiger partial charge in [-0.05, 0) is 55.0 Å². The molecule has 0 aromatic heterocycles. The number of amides is 1. The molecule has 0 bridgehead atoms. The number of esters is 1. The fourth-order valence-electron chi connectivity index (χ4n) is 1.97. The molecule has 0 saturated heterocycles. The molecule has 0 aliphatic heterocycles. The van der Waals surface area contributed by atoms with E-state index < -0.39 is 24.6 Å². The highest BCUT2D eigenvalue weighted by atomic mass is 35.5. The maximum absolute atomic E-state index is 12.1. The van der Waals surface area contributed by atoms with Crippen LogP contribution in [0.5, 0.6) is 5.75 Å². The van der Waals surface area contributed by atoms with Gasteiger partial charge in [-0.1, -0.05) is 23.7 Å². The summed E-state index contributed by atoms with van der Waals surface area (Å²) in [5, 5.41) is 3.13. The second-order valence-corrected chi connectivity index (χ2v) is 5.79. The molecule has 1 unspecified atom stereocenters. The molecule has 0 heterocycles. The Morgan fingerprint density at radius 1 is 1.07 bits per heavy atom. The van der Waals surface area contributed by atoms with Gasteiger partial charge in [0.2, 0.25) is 0 Å². The van der Waals surface area contributed by atoms with E-state index >= 15 is 0 Å². The number of ether oxygens (including phenoxy) is 2. The molecule has 0 radical (unpaired) electrons. The van der Waals surface area contributed by atoms with E-state index in [0.717, 1.165) is 6.08 Å². The summed E-state index contributed by atoms with van der Waals surface area (Å²) in [6, 6.07) is 12.2. The normalized spacial score (nSPS) is 12.0. The van der Waals surface area contributed by atoms with Gasteiger partial charge >= 0.3 is 12.6 Å². The zero-order valence-corrected chi connectivity index (χ0v) is 15.0. The van der Waals surface area contributed by atoms with Gasteiger partial charge in [-0.2, -0.15) is 8.78 Å². The van der Waals surface area contributed by atoms with Crippen molar-refractivity contribution in [2.24, 2.45) is 0 Å². The second kappa shape index (κ2) is 9.68. The van der Waals surface area contributed by atoms with Crippen molar-refractivity contribution >= 4 is 35.2 Å². The Morgan fingerprint density at radius 3 is 2.30 bits per heavy atom. The first kappa shape index (κ1) is 20.4. The molecule has 8 heteroatoms. The standard InChI is InChI=1S/C19H16ClF2NO4/c1-12(18(25)23-15-7-5-14(20)6-8-15)26-17(24)11-4-13-2-9-16(10-3-13)27-19(21)22/h2-12,19H,1H3,(H,23,25)/b11-4+. The third-order valence-corrected chi connectivity index (χ3v) is 3.54. The van der Waals surface area contributed by atoms with Gasteiger partial charge < -0.3 is 14.8 Å². The quantitative estimate of drug-likeness (QED) is 0.552. The SMILES string of the molecule is CC(OC(=O)/C=C/c1ccc(OC(F)F)cc1)C(=O)Nc1ccc(Cl)cc1. The van der Waals surface area contributed by atoms with Crippen molar-refractivity contribution in [3.63, 3.8) is 0 Å². The summed E-state index contributed by atoms with van der Waals surface area (Å²) >= 11 is 5.77. The summed E-state index contributed by atoms with van der Waals surface area (Å²) in [7, 11) is 0. The molecule has 1 amide bonds. The predicted molar refractivity (Wildman–Crippen MR) is 97.7 cm³/mol. The van der Waals surface area contributed by atoms with Crippen molar-refractivity contribution in [2.45, 2.75) is 19.6 Å². The Morgan fingerprint density at radius 2 is 1.70 bits per heavy atom. The summed E-state index contributed by atoms with van der Waals surface area (Å²) in [6.07, 6.45) is 1.55. The number of hydrogen-bond donors (Lipinski definition) is 1. The van der Waals surface area contributed by atoms with Crippen molar-refractivity contribution in [2.75, 3.05) is 5.32 Å². The lowest BCUT2D eigenvalue weighted by atomic mass is 10.2. The highest BCUT2D eigenvalue weighted by Crippen LogP contribution is 2.16. The largest absolute Gasteiger partial charge is 0.449 e. The molecular formula is C19H16ClF2NO4. The second-order valence-electron chi connectivity index (χ2n) is 5.36. The summed E-state index contributed by atoms with van der Waals surface area (Å²) in [4.78, 5) is 23.8. The van der Waals surface area contributed by atoms with E-state index in [2.05, 4.69) is 10.1 Å². The molecule has 5 nitrogen and oxygen atoms in total. The minimum Gasteiger partial charge on any atom is -0.449 e. The monoisotopic (exact) mass is 395 g/mol. The molecular weight excluding hydrogens is 380 g/mol. The van der Waals surface area contributed by atoms with Crippen LogP contribution in [0.1, 0.15) is 12.5 Å². The summed E-state index contributed by atoms with van der Waals surface area (Å²) in [5.41, 5.74) is 1.10. The Kier molecular flexibility index (Phi) is 7.31. The number of benzene rings is 2. The number of anilines is 1. The molecule has 2 rings (SSSR count). The molecule has 0 aliphatic carbocycles.